The van der Waals surface area contributed by atoms with E-state index in [4.69, 9.17) is 0 Å². The first kappa shape index (κ1) is 23.7. The number of barbiturate groups is 1. The third-order valence-electron chi connectivity index (χ3n) is 6.44. The van der Waals surface area contributed by atoms with E-state index < -0.39 is 22.8 Å². The third kappa shape index (κ3) is 4.38. The highest BCUT2D eigenvalue weighted by Gasteiger charge is 2.37. The second-order valence-corrected chi connectivity index (χ2v) is 8.88. The van der Waals surface area contributed by atoms with Crippen LogP contribution in [0.25, 0.3) is 17.0 Å². The highest BCUT2D eigenvalue weighted by molar-refractivity contribution is 6.39. The van der Waals surface area contributed by atoms with Gasteiger partial charge in [0.15, 0.2) is 0 Å². The van der Waals surface area contributed by atoms with Crippen molar-refractivity contribution in [2.75, 3.05) is 4.90 Å². The van der Waals surface area contributed by atoms with Crippen LogP contribution in [0.15, 0.2) is 78.5 Å². The number of carbonyl (C=O) groups is 3. The van der Waals surface area contributed by atoms with Gasteiger partial charge in [-0.3, -0.25) is 25.0 Å². The molecule has 4 amide bonds. The van der Waals surface area contributed by atoms with Gasteiger partial charge in [-0.15, -0.1) is 0 Å². The number of aryl methyl sites for hydroxylation is 2. The molecule has 0 saturated carbocycles. The molecule has 1 fully saturated rings. The lowest BCUT2D eigenvalue weighted by molar-refractivity contribution is -0.384. The Balaban J connectivity index is 1.56. The van der Waals surface area contributed by atoms with E-state index in [9.17, 15) is 24.5 Å². The number of carbonyl (C=O) groups excluding carboxylic acids is 3. The van der Waals surface area contributed by atoms with E-state index in [1.807, 2.05) is 48.7 Å². The van der Waals surface area contributed by atoms with Crippen LogP contribution < -0.4 is 10.2 Å². The zero-order valence-corrected chi connectivity index (χ0v) is 20.1. The fourth-order valence-electron chi connectivity index (χ4n) is 4.40. The van der Waals surface area contributed by atoms with E-state index in [1.54, 1.807) is 30.5 Å². The minimum absolute atomic E-state index is 0.00289. The summed E-state index contributed by atoms with van der Waals surface area (Å²) in [4.78, 5) is 50.4. The van der Waals surface area contributed by atoms with Crippen LogP contribution in [-0.2, 0) is 16.1 Å². The number of benzene rings is 3. The van der Waals surface area contributed by atoms with Crippen molar-refractivity contribution in [3.05, 3.63) is 111 Å². The highest BCUT2D eigenvalue weighted by Crippen LogP contribution is 2.28. The monoisotopic (exact) mass is 494 g/mol. The molecular formula is C28H22N4O5. The quantitative estimate of drug-likeness (QED) is 0.184. The average Bonchev–Trinajstić information content (AvgIpc) is 3.21. The SMILES string of the molecule is Cc1ccc(N2C(=O)NC(=O)/C(=C\c3cn(Cc4cccc([N+](=O)[O-])c4)c4ccccc34)C2=O)cc1C. The molecule has 0 spiro atoms. The Bertz CT molecular complexity index is 1650. The minimum Gasteiger partial charge on any atom is -0.342 e. The molecule has 5 rings (SSSR count). The summed E-state index contributed by atoms with van der Waals surface area (Å²) in [5.41, 5.74) is 4.28. The van der Waals surface area contributed by atoms with Gasteiger partial charge in [0.05, 0.1) is 10.6 Å². The van der Waals surface area contributed by atoms with Crippen LogP contribution in [0.2, 0.25) is 0 Å². The predicted molar refractivity (Wildman–Crippen MR) is 139 cm³/mol. The summed E-state index contributed by atoms with van der Waals surface area (Å²) >= 11 is 0. The van der Waals surface area contributed by atoms with Crippen LogP contribution in [0.5, 0.6) is 0 Å². The summed E-state index contributed by atoms with van der Waals surface area (Å²) in [6.45, 7) is 4.15. The molecule has 1 saturated heterocycles. The second-order valence-electron chi connectivity index (χ2n) is 8.88. The van der Waals surface area contributed by atoms with Crippen molar-refractivity contribution in [2.24, 2.45) is 0 Å². The number of non-ortho nitro benzene ring substituents is 1. The Kier molecular flexibility index (Phi) is 5.88. The first-order valence-electron chi connectivity index (χ1n) is 11.5. The third-order valence-corrected chi connectivity index (χ3v) is 6.44. The van der Waals surface area contributed by atoms with Crippen LogP contribution >= 0.6 is 0 Å². The van der Waals surface area contributed by atoms with E-state index in [0.717, 1.165) is 32.5 Å². The molecule has 1 aliphatic heterocycles. The van der Waals surface area contributed by atoms with Crippen LogP contribution in [0.4, 0.5) is 16.2 Å². The maximum absolute atomic E-state index is 13.4. The van der Waals surface area contributed by atoms with Gasteiger partial charge >= 0.3 is 6.03 Å². The maximum atomic E-state index is 13.4. The van der Waals surface area contributed by atoms with Gasteiger partial charge in [-0.2, -0.15) is 0 Å². The van der Waals surface area contributed by atoms with Crippen LogP contribution in [-0.4, -0.2) is 27.3 Å². The Morgan fingerprint density at radius 3 is 2.49 bits per heavy atom. The molecule has 3 aromatic carbocycles. The largest absolute Gasteiger partial charge is 0.342 e. The van der Waals surface area contributed by atoms with E-state index in [1.165, 1.54) is 18.2 Å². The molecule has 1 aliphatic rings. The van der Waals surface area contributed by atoms with Crippen molar-refractivity contribution in [2.45, 2.75) is 20.4 Å². The maximum Gasteiger partial charge on any atom is 0.335 e. The van der Waals surface area contributed by atoms with E-state index in [0.29, 0.717) is 17.8 Å². The Morgan fingerprint density at radius 2 is 1.73 bits per heavy atom. The number of hydrogen-bond acceptors (Lipinski definition) is 5. The number of rotatable bonds is 5. The van der Waals surface area contributed by atoms with Gasteiger partial charge in [0.25, 0.3) is 17.5 Å². The molecule has 1 N–H and O–H groups in total. The van der Waals surface area contributed by atoms with Gasteiger partial charge in [0.1, 0.15) is 5.57 Å². The lowest BCUT2D eigenvalue weighted by atomic mass is 10.0. The predicted octanol–water partition coefficient (Wildman–Crippen LogP) is 4.88. The van der Waals surface area contributed by atoms with Gasteiger partial charge < -0.3 is 4.57 Å². The van der Waals surface area contributed by atoms with Crippen molar-refractivity contribution < 1.29 is 19.3 Å². The number of amides is 4. The number of nitro groups is 1. The number of fused-ring (bicyclic) bond motifs is 1. The molecule has 37 heavy (non-hydrogen) atoms. The minimum atomic E-state index is -0.802. The molecule has 0 atom stereocenters. The molecule has 4 aromatic rings. The van der Waals surface area contributed by atoms with E-state index in [2.05, 4.69) is 5.32 Å². The number of urea groups is 1. The van der Waals surface area contributed by atoms with Crippen molar-refractivity contribution in [3.8, 4) is 0 Å². The topological polar surface area (TPSA) is 115 Å². The Morgan fingerprint density at radius 1 is 0.946 bits per heavy atom. The second kappa shape index (κ2) is 9.19. The highest BCUT2D eigenvalue weighted by atomic mass is 16.6. The van der Waals surface area contributed by atoms with Crippen molar-refractivity contribution >= 4 is 46.2 Å². The molecule has 0 bridgehead atoms. The summed E-state index contributed by atoms with van der Waals surface area (Å²) in [5.74, 6) is -1.49. The van der Waals surface area contributed by atoms with Crippen molar-refractivity contribution in [3.63, 3.8) is 0 Å². The van der Waals surface area contributed by atoms with Crippen LogP contribution in [0.3, 0.4) is 0 Å². The molecule has 184 valence electrons. The summed E-state index contributed by atoms with van der Waals surface area (Å²) in [5, 5.41) is 14.2. The van der Waals surface area contributed by atoms with Crippen LogP contribution in [0, 0.1) is 24.0 Å². The lowest BCUT2D eigenvalue weighted by Crippen LogP contribution is -2.54. The number of nitrogens with one attached hydrogen (secondary N) is 1. The lowest BCUT2D eigenvalue weighted by Gasteiger charge is -2.26. The van der Waals surface area contributed by atoms with Gasteiger partial charge in [-0.1, -0.05) is 36.4 Å². The summed E-state index contributed by atoms with van der Waals surface area (Å²) in [6.07, 6.45) is 3.26. The number of anilines is 1. The first-order chi connectivity index (χ1) is 17.7. The molecule has 0 radical (unpaired) electrons. The Labute approximate surface area is 211 Å². The summed E-state index contributed by atoms with van der Waals surface area (Å²) in [7, 11) is 0. The van der Waals surface area contributed by atoms with Crippen LogP contribution in [0.1, 0.15) is 22.3 Å². The molecule has 0 unspecified atom stereocenters. The molecular weight excluding hydrogens is 472 g/mol. The van der Waals surface area contributed by atoms with E-state index in [-0.39, 0.29) is 11.3 Å². The summed E-state index contributed by atoms with van der Waals surface area (Å²) in [6, 6.07) is 18.2. The van der Waals surface area contributed by atoms with Gasteiger partial charge in [-0.25, -0.2) is 9.69 Å². The fourth-order valence-corrected chi connectivity index (χ4v) is 4.40. The smallest absolute Gasteiger partial charge is 0.335 e. The molecule has 9 nitrogen and oxygen atoms in total. The van der Waals surface area contributed by atoms with Gasteiger partial charge in [0, 0.05) is 41.3 Å². The van der Waals surface area contributed by atoms with Gasteiger partial charge in [-0.05, 0) is 54.8 Å². The molecule has 2 heterocycles. The van der Waals surface area contributed by atoms with E-state index >= 15 is 0 Å². The Hall–Kier alpha value is -5.05. The zero-order chi connectivity index (χ0) is 26.3. The van der Waals surface area contributed by atoms with Crippen molar-refractivity contribution in [1.29, 1.82) is 0 Å². The fraction of sp³-hybridized carbons (Fsp3) is 0.107. The average molecular weight is 495 g/mol. The van der Waals surface area contributed by atoms with Gasteiger partial charge in [0.2, 0.25) is 0 Å². The summed E-state index contributed by atoms with van der Waals surface area (Å²) < 4.78 is 1.90. The number of nitro benzene ring substituents is 1. The number of aromatic nitrogens is 1. The normalized spacial score (nSPS) is 14.9. The molecule has 0 aliphatic carbocycles. The number of imide groups is 2. The molecule has 1 aromatic heterocycles. The van der Waals surface area contributed by atoms with Crippen molar-refractivity contribution in [1.82, 2.24) is 9.88 Å². The molecule has 9 heteroatoms. The zero-order valence-electron chi connectivity index (χ0n) is 20.1. The first-order valence-corrected chi connectivity index (χ1v) is 11.5. The number of hydrogen-bond donors (Lipinski definition) is 1. The number of nitrogens with zero attached hydrogens (tertiary/aromatic N) is 3. The number of para-hydroxylation sites is 1. The standard InChI is InChI=1S/C28H22N4O5/c1-17-10-11-21(12-18(17)2)31-27(34)24(26(33)29-28(31)35)14-20-16-30(25-9-4-3-8-23(20)25)15-19-6-5-7-22(13-19)32(36)37/h3-14,16H,15H2,1-2H3,(H,29,33,35)/b24-14+.